The Morgan fingerprint density at radius 1 is 0.920 bits per heavy atom. The first-order valence-electron chi connectivity index (χ1n) is 7.29. The summed E-state index contributed by atoms with van der Waals surface area (Å²) in [5.74, 6) is 0.163. The maximum absolute atomic E-state index is 12.6. The highest BCUT2D eigenvalue weighted by Crippen LogP contribution is 2.38. The second kappa shape index (κ2) is 6.27. The fraction of sp³-hybridized carbons (Fsp3) is 0.167. The number of fused-ring (bicyclic) bond motifs is 1. The molecule has 0 radical (unpaired) electrons. The van der Waals surface area contributed by atoms with Crippen molar-refractivity contribution in [1.82, 2.24) is 0 Å². The van der Waals surface area contributed by atoms with Crippen LogP contribution in [0.3, 0.4) is 0 Å². The van der Waals surface area contributed by atoms with Crippen LogP contribution in [0.2, 0.25) is 0 Å². The van der Waals surface area contributed by atoms with Crippen molar-refractivity contribution >= 4 is 11.0 Å². The Bertz CT molecular complexity index is 1000. The topological polar surface area (TPSA) is 98.4 Å². The van der Waals surface area contributed by atoms with Gasteiger partial charge in [-0.1, -0.05) is 0 Å². The maximum atomic E-state index is 12.6. The molecule has 1 aromatic heterocycles. The second-order valence-corrected chi connectivity index (χ2v) is 5.20. The molecule has 0 atom stereocenters. The van der Waals surface area contributed by atoms with Gasteiger partial charge in [0.2, 0.25) is 11.2 Å². The largest absolute Gasteiger partial charge is 0.504 e. The van der Waals surface area contributed by atoms with Crippen molar-refractivity contribution in [3.05, 3.63) is 40.6 Å². The Morgan fingerprint density at radius 3 is 2.28 bits per heavy atom. The van der Waals surface area contributed by atoms with Crippen LogP contribution in [0.4, 0.5) is 0 Å². The van der Waals surface area contributed by atoms with Crippen molar-refractivity contribution in [3.8, 4) is 40.1 Å². The minimum absolute atomic E-state index is 0.0499. The lowest BCUT2D eigenvalue weighted by atomic mass is 10.1. The van der Waals surface area contributed by atoms with E-state index in [-0.39, 0.29) is 34.0 Å². The molecule has 0 aliphatic rings. The lowest BCUT2D eigenvalue weighted by Gasteiger charge is -2.11. The number of rotatable bonds is 4. The predicted octanol–water partition coefficient (Wildman–Crippen LogP) is 2.90. The molecule has 0 bridgehead atoms. The zero-order valence-corrected chi connectivity index (χ0v) is 13.8. The summed E-state index contributed by atoms with van der Waals surface area (Å²) >= 11 is 0. The summed E-state index contributed by atoms with van der Waals surface area (Å²) in [7, 11) is 4.28. The Morgan fingerprint density at radius 2 is 1.64 bits per heavy atom. The molecule has 25 heavy (non-hydrogen) atoms. The molecule has 2 aromatic carbocycles. The molecule has 7 heteroatoms. The second-order valence-electron chi connectivity index (χ2n) is 5.20. The van der Waals surface area contributed by atoms with E-state index >= 15 is 0 Å². The zero-order valence-electron chi connectivity index (χ0n) is 13.8. The standard InChI is InChI=1S/C18H16O7/c1-22-10-7-13(24-3)15-14(8-10)25-18(17(21)16(15)20)9-4-5-11(19)12(6-9)23-2/h4-8,19,21H,1-3H3. The summed E-state index contributed by atoms with van der Waals surface area (Å²) in [6, 6.07) is 7.39. The number of ether oxygens (including phenoxy) is 3. The molecule has 0 unspecified atom stereocenters. The third kappa shape index (κ3) is 2.69. The van der Waals surface area contributed by atoms with Crippen LogP contribution in [-0.4, -0.2) is 31.5 Å². The Balaban J connectivity index is 2.34. The van der Waals surface area contributed by atoms with E-state index in [0.29, 0.717) is 11.3 Å². The number of phenols is 1. The summed E-state index contributed by atoms with van der Waals surface area (Å²) in [6.07, 6.45) is 0. The number of methoxy groups -OCH3 is 3. The minimum atomic E-state index is -0.636. The number of hydrogen-bond acceptors (Lipinski definition) is 7. The van der Waals surface area contributed by atoms with Crippen LogP contribution in [0, 0.1) is 0 Å². The first-order chi connectivity index (χ1) is 12.0. The van der Waals surface area contributed by atoms with Crippen LogP contribution in [-0.2, 0) is 0 Å². The van der Waals surface area contributed by atoms with Gasteiger partial charge in [0.25, 0.3) is 0 Å². The van der Waals surface area contributed by atoms with Crippen LogP contribution in [0.1, 0.15) is 0 Å². The van der Waals surface area contributed by atoms with Crippen molar-refractivity contribution in [3.63, 3.8) is 0 Å². The third-order valence-corrected chi connectivity index (χ3v) is 3.81. The number of aromatic hydroxyl groups is 2. The zero-order chi connectivity index (χ0) is 18.1. The average molecular weight is 344 g/mol. The lowest BCUT2D eigenvalue weighted by Crippen LogP contribution is -2.05. The average Bonchev–Trinajstić information content (AvgIpc) is 2.64. The number of hydrogen-bond donors (Lipinski definition) is 2. The molecule has 130 valence electrons. The summed E-state index contributed by atoms with van der Waals surface area (Å²) in [4.78, 5) is 12.6. The van der Waals surface area contributed by atoms with Crippen LogP contribution in [0.5, 0.6) is 28.7 Å². The van der Waals surface area contributed by atoms with Crippen molar-refractivity contribution in [1.29, 1.82) is 0 Å². The van der Waals surface area contributed by atoms with Crippen LogP contribution in [0.15, 0.2) is 39.5 Å². The van der Waals surface area contributed by atoms with E-state index in [9.17, 15) is 15.0 Å². The van der Waals surface area contributed by atoms with E-state index in [2.05, 4.69) is 0 Å². The van der Waals surface area contributed by atoms with Gasteiger partial charge in [-0.3, -0.25) is 4.79 Å². The molecule has 0 amide bonds. The van der Waals surface area contributed by atoms with Crippen LogP contribution < -0.4 is 19.6 Å². The molecular weight excluding hydrogens is 328 g/mol. The lowest BCUT2D eigenvalue weighted by molar-refractivity contribution is 0.373. The molecule has 0 saturated heterocycles. The first-order valence-corrected chi connectivity index (χ1v) is 7.29. The Labute approximate surface area is 142 Å². The van der Waals surface area contributed by atoms with Gasteiger partial charge >= 0.3 is 0 Å². The predicted molar refractivity (Wildman–Crippen MR) is 90.9 cm³/mol. The molecule has 0 spiro atoms. The SMILES string of the molecule is COc1cc(OC)c2c(=O)c(O)c(-c3ccc(O)c(OC)c3)oc2c1. The van der Waals surface area contributed by atoms with Gasteiger partial charge in [0, 0.05) is 17.7 Å². The summed E-state index contributed by atoms with van der Waals surface area (Å²) in [5.41, 5.74) is -0.0724. The summed E-state index contributed by atoms with van der Waals surface area (Å²) in [5, 5.41) is 20.1. The molecule has 3 aromatic rings. The molecule has 0 saturated carbocycles. The van der Waals surface area contributed by atoms with E-state index in [0.717, 1.165) is 0 Å². The summed E-state index contributed by atoms with van der Waals surface area (Å²) < 4.78 is 21.2. The van der Waals surface area contributed by atoms with Crippen LogP contribution >= 0.6 is 0 Å². The molecule has 7 nitrogen and oxygen atoms in total. The van der Waals surface area contributed by atoms with Crippen molar-refractivity contribution < 1.29 is 28.8 Å². The van der Waals surface area contributed by atoms with E-state index in [1.54, 1.807) is 0 Å². The highest BCUT2D eigenvalue weighted by Gasteiger charge is 2.20. The smallest absolute Gasteiger partial charge is 0.238 e. The van der Waals surface area contributed by atoms with Crippen molar-refractivity contribution in [2.24, 2.45) is 0 Å². The van der Waals surface area contributed by atoms with E-state index in [1.165, 1.54) is 51.7 Å². The van der Waals surface area contributed by atoms with Gasteiger partial charge < -0.3 is 28.8 Å². The maximum Gasteiger partial charge on any atom is 0.238 e. The highest BCUT2D eigenvalue weighted by atomic mass is 16.5. The molecular formula is C18H16O7. The number of phenolic OH excluding ortho intramolecular Hbond substituents is 1. The van der Waals surface area contributed by atoms with Gasteiger partial charge in [0.1, 0.15) is 22.5 Å². The molecule has 3 rings (SSSR count). The minimum Gasteiger partial charge on any atom is -0.504 e. The van der Waals surface area contributed by atoms with Gasteiger partial charge in [-0.2, -0.15) is 0 Å². The third-order valence-electron chi connectivity index (χ3n) is 3.81. The molecule has 0 aliphatic carbocycles. The van der Waals surface area contributed by atoms with E-state index < -0.39 is 11.2 Å². The molecule has 0 fully saturated rings. The van der Waals surface area contributed by atoms with Crippen molar-refractivity contribution in [2.45, 2.75) is 0 Å². The van der Waals surface area contributed by atoms with Gasteiger partial charge in [-0.25, -0.2) is 0 Å². The fourth-order valence-electron chi connectivity index (χ4n) is 2.54. The van der Waals surface area contributed by atoms with E-state index in [4.69, 9.17) is 18.6 Å². The number of benzene rings is 2. The Kier molecular flexibility index (Phi) is 4.14. The van der Waals surface area contributed by atoms with Gasteiger partial charge in [-0.15, -0.1) is 0 Å². The Hall–Kier alpha value is -3.35. The summed E-state index contributed by atoms with van der Waals surface area (Å²) in [6.45, 7) is 0. The van der Waals surface area contributed by atoms with E-state index in [1.807, 2.05) is 0 Å². The van der Waals surface area contributed by atoms with Crippen molar-refractivity contribution in [2.75, 3.05) is 21.3 Å². The van der Waals surface area contributed by atoms with Gasteiger partial charge in [-0.05, 0) is 18.2 Å². The quantitative estimate of drug-likeness (QED) is 0.751. The van der Waals surface area contributed by atoms with Gasteiger partial charge in [0.05, 0.1) is 21.3 Å². The molecule has 2 N–H and O–H groups in total. The molecule has 0 aliphatic heterocycles. The highest BCUT2D eigenvalue weighted by molar-refractivity contribution is 5.88. The monoisotopic (exact) mass is 344 g/mol. The van der Waals surface area contributed by atoms with Gasteiger partial charge in [0.15, 0.2) is 17.3 Å². The normalized spacial score (nSPS) is 10.7. The van der Waals surface area contributed by atoms with Crippen LogP contribution in [0.25, 0.3) is 22.3 Å². The fourth-order valence-corrected chi connectivity index (χ4v) is 2.54. The molecule has 1 heterocycles. The first kappa shape index (κ1) is 16.5.